The van der Waals surface area contributed by atoms with Gasteiger partial charge in [-0.1, -0.05) is 62.4 Å². The van der Waals surface area contributed by atoms with Crippen LogP contribution in [0.4, 0.5) is 11.4 Å². The molecule has 9 heteroatoms. The lowest BCUT2D eigenvalue weighted by Gasteiger charge is -2.28. The van der Waals surface area contributed by atoms with E-state index in [1.807, 2.05) is 42.5 Å². The highest BCUT2D eigenvalue weighted by Gasteiger charge is 2.27. The Labute approximate surface area is 261 Å². The van der Waals surface area contributed by atoms with Crippen LogP contribution in [0.2, 0.25) is 0 Å². The fourth-order valence-corrected chi connectivity index (χ4v) is 6.72. The normalized spacial score (nSPS) is 19.9. The van der Waals surface area contributed by atoms with Gasteiger partial charge in [0, 0.05) is 48.5 Å². The number of nitrogens with zero attached hydrogens (tertiary/aromatic N) is 1. The van der Waals surface area contributed by atoms with E-state index in [9.17, 15) is 19.5 Å². The summed E-state index contributed by atoms with van der Waals surface area (Å²) in [6.45, 7) is 2.59. The van der Waals surface area contributed by atoms with Gasteiger partial charge in [-0.05, 0) is 69.2 Å². The van der Waals surface area contributed by atoms with Gasteiger partial charge >= 0.3 is 0 Å². The van der Waals surface area contributed by atoms with Crippen molar-refractivity contribution in [1.82, 2.24) is 16.0 Å². The molecule has 0 aromatic heterocycles. The number of carbonyl (C=O) groups excluding carboxylic acids is 3. The molecule has 1 heterocycles. The van der Waals surface area contributed by atoms with E-state index in [1.54, 1.807) is 17.9 Å². The maximum Gasteiger partial charge on any atom is 0.251 e. The zero-order chi connectivity index (χ0) is 30.9. The maximum atomic E-state index is 13.8. The Kier molecular flexibility index (Phi) is 11.3. The Hall–Kier alpha value is -3.43. The molecule has 5 rings (SSSR count). The fourth-order valence-electron chi connectivity index (χ4n) is 6.72. The molecule has 3 atom stereocenters. The lowest BCUT2D eigenvalue weighted by Crippen LogP contribution is -2.53. The van der Waals surface area contributed by atoms with E-state index >= 15 is 0 Å². The Morgan fingerprint density at radius 1 is 0.932 bits per heavy atom. The highest BCUT2D eigenvalue weighted by atomic mass is 16.3. The minimum atomic E-state index is -0.941. The van der Waals surface area contributed by atoms with Crippen molar-refractivity contribution in [3.8, 4) is 0 Å². The molecule has 2 aromatic rings. The Balaban J connectivity index is 1.29. The van der Waals surface area contributed by atoms with E-state index < -0.39 is 18.2 Å². The second kappa shape index (κ2) is 15.5. The van der Waals surface area contributed by atoms with E-state index in [0.717, 1.165) is 61.9 Å². The monoisotopic (exact) mass is 603 g/mol. The molecule has 1 saturated heterocycles. The van der Waals surface area contributed by atoms with Gasteiger partial charge in [0.25, 0.3) is 5.91 Å². The molecule has 0 bridgehead atoms. The van der Waals surface area contributed by atoms with E-state index in [1.165, 1.54) is 19.3 Å². The molecule has 44 heavy (non-hydrogen) atoms. The lowest BCUT2D eigenvalue weighted by atomic mass is 9.95. The highest BCUT2D eigenvalue weighted by molar-refractivity contribution is 6.00. The minimum Gasteiger partial charge on any atom is -0.390 e. The first kappa shape index (κ1) is 32.0. The van der Waals surface area contributed by atoms with E-state index in [2.05, 4.69) is 21.3 Å². The summed E-state index contributed by atoms with van der Waals surface area (Å²) in [6, 6.07) is 14.9. The summed E-state index contributed by atoms with van der Waals surface area (Å²) >= 11 is 0. The standard InChI is InChI=1S/C35H49N5O4/c1-24(34(43)38-28-13-6-3-7-14-28)36-23-32(41)31(19-25-11-4-2-5-12-25)39-35(44)26-20-29(37-27-15-8-9-16-27)22-30(21-26)40-18-10-17-33(40)42/h2,4-5,11-12,20-22,24,27-28,31-32,36-37,41H,3,6-10,13-19,23H2,1H3,(H,38,43)(H,39,44)/t24-,31-,32+/m0/s1. The number of hydrogen-bond donors (Lipinski definition) is 5. The summed E-state index contributed by atoms with van der Waals surface area (Å²) in [7, 11) is 0. The quantitative estimate of drug-likeness (QED) is 0.233. The van der Waals surface area contributed by atoms with Gasteiger partial charge in [-0.3, -0.25) is 14.4 Å². The molecule has 0 spiro atoms. The Morgan fingerprint density at radius 3 is 2.34 bits per heavy atom. The average molecular weight is 604 g/mol. The molecule has 0 unspecified atom stereocenters. The summed E-state index contributed by atoms with van der Waals surface area (Å²) in [5.74, 6) is -0.307. The molecule has 3 fully saturated rings. The van der Waals surface area contributed by atoms with Crippen molar-refractivity contribution in [3.05, 3.63) is 59.7 Å². The van der Waals surface area contributed by atoms with Crippen molar-refractivity contribution in [3.63, 3.8) is 0 Å². The first-order chi connectivity index (χ1) is 21.4. The third kappa shape index (κ3) is 8.82. The van der Waals surface area contributed by atoms with Crippen molar-refractivity contribution in [2.45, 2.75) is 114 Å². The highest BCUT2D eigenvalue weighted by Crippen LogP contribution is 2.29. The summed E-state index contributed by atoms with van der Waals surface area (Å²) in [4.78, 5) is 41.0. The van der Waals surface area contributed by atoms with Crippen LogP contribution >= 0.6 is 0 Å². The number of nitrogens with one attached hydrogen (secondary N) is 4. The molecule has 2 saturated carbocycles. The summed E-state index contributed by atoms with van der Waals surface area (Å²) < 4.78 is 0. The number of hydrogen-bond acceptors (Lipinski definition) is 6. The number of aliphatic hydroxyl groups excluding tert-OH is 1. The summed E-state index contributed by atoms with van der Waals surface area (Å²) in [5, 5.41) is 24.4. The second-order valence-corrected chi connectivity index (χ2v) is 12.9. The van der Waals surface area contributed by atoms with Gasteiger partial charge in [0.2, 0.25) is 11.8 Å². The van der Waals surface area contributed by atoms with Crippen LogP contribution in [0.1, 0.15) is 93.5 Å². The molecule has 3 aliphatic rings. The second-order valence-electron chi connectivity index (χ2n) is 12.9. The van der Waals surface area contributed by atoms with Crippen LogP contribution in [0.15, 0.2) is 48.5 Å². The van der Waals surface area contributed by atoms with Crippen molar-refractivity contribution in [2.24, 2.45) is 0 Å². The molecular weight excluding hydrogens is 554 g/mol. The smallest absolute Gasteiger partial charge is 0.251 e. The Morgan fingerprint density at radius 2 is 1.64 bits per heavy atom. The molecular formula is C35H49N5O4. The predicted octanol–water partition coefficient (Wildman–Crippen LogP) is 4.30. The van der Waals surface area contributed by atoms with Crippen LogP contribution in [0.25, 0.3) is 0 Å². The lowest BCUT2D eigenvalue weighted by molar-refractivity contribution is -0.123. The van der Waals surface area contributed by atoms with Crippen LogP contribution in [0.5, 0.6) is 0 Å². The van der Waals surface area contributed by atoms with Gasteiger partial charge < -0.3 is 31.3 Å². The largest absolute Gasteiger partial charge is 0.390 e. The third-order valence-electron chi connectivity index (χ3n) is 9.35. The number of anilines is 2. The van der Waals surface area contributed by atoms with E-state index in [-0.39, 0.29) is 30.3 Å². The average Bonchev–Trinajstić information content (AvgIpc) is 3.71. The number of benzene rings is 2. The van der Waals surface area contributed by atoms with Crippen LogP contribution in [-0.2, 0) is 16.0 Å². The number of carbonyl (C=O) groups is 3. The van der Waals surface area contributed by atoms with Gasteiger partial charge in [-0.2, -0.15) is 0 Å². The van der Waals surface area contributed by atoms with Crippen LogP contribution in [0, 0.1) is 0 Å². The van der Waals surface area contributed by atoms with Crippen molar-refractivity contribution >= 4 is 29.1 Å². The number of rotatable bonds is 13. The zero-order valence-corrected chi connectivity index (χ0v) is 26.0. The molecule has 3 amide bonds. The van der Waals surface area contributed by atoms with Gasteiger partial charge in [-0.15, -0.1) is 0 Å². The summed E-state index contributed by atoms with van der Waals surface area (Å²) in [6.07, 6.45) is 10.9. The van der Waals surface area contributed by atoms with Crippen molar-refractivity contribution < 1.29 is 19.5 Å². The van der Waals surface area contributed by atoms with Crippen LogP contribution < -0.4 is 26.2 Å². The third-order valence-corrected chi connectivity index (χ3v) is 9.35. The molecule has 238 valence electrons. The molecule has 0 radical (unpaired) electrons. The number of aliphatic hydroxyl groups is 1. The van der Waals surface area contributed by atoms with Crippen LogP contribution in [-0.4, -0.2) is 66.2 Å². The van der Waals surface area contributed by atoms with Gasteiger partial charge in [0.15, 0.2) is 0 Å². The molecule has 2 aliphatic carbocycles. The topological polar surface area (TPSA) is 123 Å². The van der Waals surface area contributed by atoms with Crippen molar-refractivity contribution in [1.29, 1.82) is 0 Å². The first-order valence-electron chi connectivity index (χ1n) is 16.6. The SMILES string of the molecule is C[C@H](NC[C@@H](O)[C@H](Cc1ccccc1)NC(=O)c1cc(NC2CCCC2)cc(N2CCCC2=O)c1)C(=O)NC1CCCCC1. The van der Waals surface area contributed by atoms with Crippen LogP contribution in [0.3, 0.4) is 0 Å². The van der Waals surface area contributed by atoms with Crippen molar-refractivity contribution in [2.75, 3.05) is 23.3 Å². The van der Waals surface area contributed by atoms with E-state index in [0.29, 0.717) is 31.0 Å². The molecule has 9 nitrogen and oxygen atoms in total. The molecule has 5 N–H and O–H groups in total. The minimum absolute atomic E-state index is 0.0664. The first-order valence-corrected chi connectivity index (χ1v) is 16.6. The predicted molar refractivity (Wildman–Crippen MR) is 174 cm³/mol. The Bertz CT molecular complexity index is 1260. The summed E-state index contributed by atoms with van der Waals surface area (Å²) in [5.41, 5.74) is 2.99. The van der Waals surface area contributed by atoms with Gasteiger partial charge in [-0.25, -0.2) is 0 Å². The molecule has 1 aliphatic heterocycles. The maximum absolute atomic E-state index is 13.8. The van der Waals surface area contributed by atoms with E-state index in [4.69, 9.17) is 0 Å². The number of amides is 3. The van der Waals surface area contributed by atoms with Gasteiger partial charge in [0.05, 0.1) is 18.2 Å². The van der Waals surface area contributed by atoms with Gasteiger partial charge in [0.1, 0.15) is 0 Å². The molecule has 2 aromatic carbocycles. The fraction of sp³-hybridized carbons (Fsp3) is 0.571. The zero-order valence-electron chi connectivity index (χ0n) is 26.0.